The molecule has 1 atom stereocenters. The summed E-state index contributed by atoms with van der Waals surface area (Å²) in [5, 5.41) is 6.18. The molecule has 1 aliphatic heterocycles. The normalized spacial score (nSPS) is 15.5. The van der Waals surface area contributed by atoms with Crippen LogP contribution in [0, 0.1) is 11.8 Å². The van der Waals surface area contributed by atoms with E-state index in [1.807, 2.05) is 26.0 Å². The van der Waals surface area contributed by atoms with Gasteiger partial charge in [-0.25, -0.2) is 0 Å². The minimum atomic E-state index is 0.0164. The lowest BCUT2D eigenvalue weighted by atomic mass is 9.88. The Morgan fingerprint density at radius 2 is 1.91 bits per heavy atom. The van der Waals surface area contributed by atoms with Gasteiger partial charge in [0, 0.05) is 12.5 Å². The van der Waals surface area contributed by atoms with Crippen LogP contribution in [0.4, 0.5) is 0 Å². The second-order valence-corrected chi connectivity index (χ2v) is 5.69. The summed E-state index contributed by atoms with van der Waals surface area (Å²) in [5.41, 5.74) is 0.912. The Kier molecular flexibility index (Phi) is 6.10. The quantitative estimate of drug-likeness (QED) is 0.760. The lowest BCUT2D eigenvalue weighted by Gasteiger charge is -2.31. The first kappa shape index (κ1) is 17.4. The molecule has 1 heterocycles. The fourth-order valence-electron chi connectivity index (χ4n) is 2.55. The number of hydrogen-bond acceptors (Lipinski definition) is 5. The highest BCUT2D eigenvalue weighted by atomic mass is 16.5. The molecule has 2 N–H and O–H groups in total. The third kappa shape index (κ3) is 4.07. The summed E-state index contributed by atoms with van der Waals surface area (Å²) in [4.78, 5) is 12.2. The van der Waals surface area contributed by atoms with E-state index in [2.05, 4.69) is 10.6 Å². The van der Waals surface area contributed by atoms with E-state index in [-0.39, 0.29) is 11.8 Å². The Hall–Kier alpha value is -1.95. The lowest BCUT2D eigenvalue weighted by molar-refractivity contribution is -0.126. The number of rotatable bonds is 8. The average Bonchev–Trinajstić information content (AvgIpc) is 2.51. The van der Waals surface area contributed by atoms with Crippen molar-refractivity contribution in [1.29, 1.82) is 0 Å². The maximum absolute atomic E-state index is 12.2. The van der Waals surface area contributed by atoms with E-state index in [1.165, 1.54) is 0 Å². The van der Waals surface area contributed by atoms with Crippen LogP contribution in [0.1, 0.15) is 19.4 Å². The average molecular weight is 322 g/mol. The Morgan fingerprint density at radius 3 is 2.35 bits per heavy atom. The monoisotopic (exact) mass is 322 g/mol. The Labute approximate surface area is 137 Å². The molecule has 0 radical (unpaired) electrons. The zero-order valence-corrected chi connectivity index (χ0v) is 14.3. The van der Waals surface area contributed by atoms with Crippen LogP contribution in [-0.4, -0.2) is 39.8 Å². The number of amides is 1. The molecule has 6 nitrogen and oxygen atoms in total. The van der Waals surface area contributed by atoms with Crippen molar-refractivity contribution in [3.8, 4) is 17.2 Å². The Bertz CT molecular complexity index is 518. The molecular weight excluding hydrogens is 296 g/mol. The number of ether oxygens (including phenoxy) is 3. The Morgan fingerprint density at radius 1 is 1.30 bits per heavy atom. The van der Waals surface area contributed by atoms with Gasteiger partial charge in [0.2, 0.25) is 11.7 Å². The first-order chi connectivity index (χ1) is 11.1. The fraction of sp³-hybridized carbons (Fsp3) is 0.588. The molecule has 1 aromatic carbocycles. The molecule has 1 aromatic rings. The predicted molar refractivity (Wildman–Crippen MR) is 88.1 cm³/mol. The molecule has 1 fully saturated rings. The topological polar surface area (TPSA) is 68.8 Å². The maximum Gasteiger partial charge on any atom is 0.223 e. The highest BCUT2D eigenvalue weighted by molar-refractivity contribution is 5.78. The Balaban J connectivity index is 2.05. The summed E-state index contributed by atoms with van der Waals surface area (Å²) in [6, 6.07) is 3.73. The number of hydrogen-bond donors (Lipinski definition) is 2. The molecule has 0 spiro atoms. The van der Waals surface area contributed by atoms with Gasteiger partial charge >= 0.3 is 0 Å². The summed E-state index contributed by atoms with van der Waals surface area (Å²) >= 11 is 0. The molecule has 0 aromatic heterocycles. The van der Waals surface area contributed by atoms with E-state index in [1.54, 1.807) is 14.2 Å². The summed E-state index contributed by atoms with van der Waals surface area (Å²) in [7, 11) is 3.18. The molecule has 23 heavy (non-hydrogen) atoms. The van der Waals surface area contributed by atoms with Crippen LogP contribution in [0.3, 0.4) is 0 Å². The van der Waals surface area contributed by atoms with Gasteiger partial charge in [0.15, 0.2) is 11.5 Å². The van der Waals surface area contributed by atoms with E-state index in [4.69, 9.17) is 14.2 Å². The number of methoxy groups -OCH3 is 2. The number of carbonyl (C=O) groups is 1. The zero-order chi connectivity index (χ0) is 16.8. The molecule has 2 rings (SSSR count). The van der Waals surface area contributed by atoms with Gasteiger partial charge in [0.1, 0.15) is 0 Å². The largest absolute Gasteiger partial charge is 0.493 e. The van der Waals surface area contributed by atoms with Gasteiger partial charge in [-0.3, -0.25) is 4.79 Å². The number of carbonyl (C=O) groups excluding carboxylic acids is 1. The molecule has 1 amide bonds. The van der Waals surface area contributed by atoms with Crippen LogP contribution in [0.2, 0.25) is 0 Å². The van der Waals surface area contributed by atoms with Gasteiger partial charge < -0.3 is 24.8 Å². The van der Waals surface area contributed by atoms with E-state index < -0.39 is 0 Å². The van der Waals surface area contributed by atoms with Crippen molar-refractivity contribution in [3.63, 3.8) is 0 Å². The van der Waals surface area contributed by atoms with E-state index in [9.17, 15) is 4.79 Å². The molecular formula is C17H26N2O4. The summed E-state index contributed by atoms with van der Waals surface area (Å²) < 4.78 is 16.3. The van der Waals surface area contributed by atoms with Gasteiger partial charge in [0.25, 0.3) is 0 Å². The molecule has 1 aliphatic rings. The number of nitrogens with one attached hydrogen (secondary N) is 2. The second kappa shape index (κ2) is 8.06. The SMILES string of the molecule is CCOc1c(OC)cc(CNC(=O)C(C)C2CNC2)cc1OC. The van der Waals surface area contributed by atoms with Gasteiger partial charge in [-0.15, -0.1) is 0 Å². The minimum Gasteiger partial charge on any atom is -0.493 e. The van der Waals surface area contributed by atoms with Crippen molar-refractivity contribution in [2.75, 3.05) is 33.9 Å². The summed E-state index contributed by atoms with van der Waals surface area (Å²) in [6.07, 6.45) is 0. The maximum atomic E-state index is 12.2. The molecule has 128 valence electrons. The molecule has 0 bridgehead atoms. The third-order valence-corrected chi connectivity index (χ3v) is 4.21. The summed E-state index contributed by atoms with van der Waals surface area (Å²) in [6.45, 7) is 6.67. The van der Waals surface area contributed by atoms with Gasteiger partial charge in [-0.05, 0) is 43.6 Å². The van der Waals surface area contributed by atoms with Gasteiger partial charge in [-0.1, -0.05) is 6.92 Å². The lowest BCUT2D eigenvalue weighted by Crippen LogP contribution is -2.49. The molecule has 0 aliphatic carbocycles. The van der Waals surface area contributed by atoms with Crippen molar-refractivity contribution in [1.82, 2.24) is 10.6 Å². The number of benzene rings is 1. The van der Waals surface area contributed by atoms with Crippen LogP contribution in [0.25, 0.3) is 0 Å². The van der Waals surface area contributed by atoms with Crippen molar-refractivity contribution < 1.29 is 19.0 Å². The first-order valence-corrected chi connectivity index (χ1v) is 7.96. The van der Waals surface area contributed by atoms with Crippen molar-refractivity contribution in [2.24, 2.45) is 11.8 Å². The van der Waals surface area contributed by atoms with E-state index in [0.717, 1.165) is 18.7 Å². The van der Waals surface area contributed by atoms with Gasteiger partial charge in [-0.2, -0.15) is 0 Å². The second-order valence-electron chi connectivity index (χ2n) is 5.69. The van der Waals surface area contributed by atoms with Crippen LogP contribution >= 0.6 is 0 Å². The van der Waals surface area contributed by atoms with Crippen molar-refractivity contribution in [3.05, 3.63) is 17.7 Å². The smallest absolute Gasteiger partial charge is 0.223 e. The van der Waals surface area contributed by atoms with Gasteiger partial charge in [0.05, 0.1) is 20.8 Å². The highest BCUT2D eigenvalue weighted by Crippen LogP contribution is 2.38. The van der Waals surface area contributed by atoms with Crippen LogP contribution < -0.4 is 24.8 Å². The summed E-state index contributed by atoms with van der Waals surface area (Å²) in [5.74, 6) is 2.31. The van der Waals surface area contributed by atoms with Crippen LogP contribution in [-0.2, 0) is 11.3 Å². The van der Waals surface area contributed by atoms with Crippen molar-refractivity contribution in [2.45, 2.75) is 20.4 Å². The third-order valence-electron chi connectivity index (χ3n) is 4.21. The van der Waals surface area contributed by atoms with Crippen molar-refractivity contribution >= 4 is 5.91 Å². The molecule has 6 heteroatoms. The molecule has 1 unspecified atom stereocenters. The highest BCUT2D eigenvalue weighted by Gasteiger charge is 2.28. The van der Waals surface area contributed by atoms with E-state index >= 15 is 0 Å². The predicted octanol–water partition coefficient (Wildman–Crippen LogP) is 1.57. The molecule has 1 saturated heterocycles. The van der Waals surface area contributed by atoms with E-state index in [0.29, 0.717) is 36.3 Å². The first-order valence-electron chi connectivity index (χ1n) is 7.96. The standard InChI is InChI=1S/C17H26N2O4/c1-5-23-16-14(21-3)6-12(7-15(16)22-4)8-19-17(20)11(2)13-9-18-10-13/h6-7,11,13,18H,5,8-10H2,1-4H3,(H,19,20). The van der Waals surface area contributed by atoms with Crippen LogP contribution in [0.15, 0.2) is 12.1 Å². The minimum absolute atomic E-state index is 0.0164. The molecule has 0 saturated carbocycles. The zero-order valence-electron chi connectivity index (χ0n) is 14.3. The van der Waals surface area contributed by atoms with Crippen LogP contribution in [0.5, 0.6) is 17.2 Å². The fourth-order valence-corrected chi connectivity index (χ4v) is 2.55.